The molecule has 0 aromatic heterocycles. The van der Waals surface area contributed by atoms with Crippen molar-refractivity contribution >= 4 is 0 Å². The van der Waals surface area contributed by atoms with Gasteiger partial charge in [0.1, 0.15) is 5.75 Å². The summed E-state index contributed by atoms with van der Waals surface area (Å²) < 4.78 is 5.42. The molecule has 1 fully saturated rings. The minimum Gasteiger partial charge on any atom is -0.496 e. The van der Waals surface area contributed by atoms with Crippen molar-refractivity contribution in [2.75, 3.05) is 26.7 Å². The van der Waals surface area contributed by atoms with Crippen LogP contribution in [0.1, 0.15) is 31.7 Å². The van der Waals surface area contributed by atoms with Crippen molar-refractivity contribution in [2.45, 2.75) is 38.8 Å². The summed E-state index contributed by atoms with van der Waals surface area (Å²) in [5, 5.41) is 3.63. The van der Waals surface area contributed by atoms with Crippen molar-refractivity contribution in [2.24, 2.45) is 0 Å². The largest absolute Gasteiger partial charge is 0.496 e. The fraction of sp³-hybridized carbons (Fsp3) is 0.625. The van der Waals surface area contributed by atoms with Gasteiger partial charge in [-0.15, -0.1) is 0 Å². The van der Waals surface area contributed by atoms with Gasteiger partial charge < -0.3 is 10.1 Å². The van der Waals surface area contributed by atoms with Crippen molar-refractivity contribution < 1.29 is 4.74 Å². The van der Waals surface area contributed by atoms with Crippen molar-refractivity contribution in [3.63, 3.8) is 0 Å². The molecule has 2 rings (SSSR count). The van der Waals surface area contributed by atoms with E-state index in [0.29, 0.717) is 6.04 Å². The van der Waals surface area contributed by atoms with E-state index in [1.165, 1.54) is 37.9 Å². The quantitative estimate of drug-likeness (QED) is 0.853. The number of rotatable bonds is 6. The molecule has 1 aliphatic rings. The fourth-order valence-electron chi connectivity index (χ4n) is 2.72. The molecule has 1 saturated heterocycles. The predicted molar refractivity (Wildman–Crippen MR) is 79.6 cm³/mol. The number of benzene rings is 1. The first-order chi connectivity index (χ1) is 9.33. The Labute approximate surface area is 116 Å². The Morgan fingerprint density at radius 3 is 2.68 bits per heavy atom. The number of nitrogens with one attached hydrogen (secondary N) is 1. The molecule has 1 heterocycles. The SMILES string of the molecule is CCCNC1CCN(Cc2ccccc2OC)CC1. The molecule has 0 amide bonds. The highest BCUT2D eigenvalue weighted by molar-refractivity contribution is 5.33. The highest BCUT2D eigenvalue weighted by atomic mass is 16.5. The number of nitrogens with zero attached hydrogens (tertiary/aromatic N) is 1. The van der Waals surface area contributed by atoms with Gasteiger partial charge in [-0.25, -0.2) is 0 Å². The molecule has 19 heavy (non-hydrogen) atoms. The third kappa shape index (κ3) is 4.22. The van der Waals surface area contributed by atoms with Crippen LogP contribution in [-0.2, 0) is 6.54 Å². The summed E-state index contributed by atoms with van der Waals surface area (Å²) in [6.07, 6.45) is 3.74. The van der Waals surface area contributed by atoms with E-state index in [4.69, 9.17) is 4.74 Å². The van der Waals surface area contributed by atoms with E-state index in [1.54, 1.807) is 7.11 Å². The Hall–Kier alpha value is -1.06. The van der Waals surface area contributed by atoms with Gasteiger partial charge in [-0.1, -0.05) is 25.1 Å². The lowest BCUT2D eigenvalue weighted by molar-refractivity contribution is 0.189. The second-order valence-corrected chi connectivity index (χ2v) is 5.32. The zero-order valence-corrected chi connectivity index (χ0v) is 12.2. The topological polar surface area (TPSA) is 24.5 Å². The van der Waals surface area contributed by atoms with Gasteiger partial charge in [-0.2, -0.15) is 0 Å². The maximum absolute atomic E-state index is 5.42. The van der Waals surface area contributed by atoms with E-state index in [0.717, 1.165) is 18.8 Å². The van der Waals surface area contributed by atoms with Crippen LogP contribution < -0.4 is 10.1 Å². The molecular formula is C16H26N2O. The highest BCUT2D eigenvalue weighted by Gasteiger charge is 2.19. The zero-order chi connectivity index (χ0) is 13.5. The molecule has 0 radical (unpaired) electrons. The second kappa shape index (κ2) is 7.51. The third-order valence-electron chi connectivity index (χ3n) is 3.86. The summed E-state index contributed by atoms with van der Waals surface area (Å²) in [5.74, 6) is 1.01. The number of piperidine rings is 1. The van der Waals surface area contributed by atoms with Crippen LogP contribution in [0, 0.1) is 0 Å². The smallest absolute Gasteiger partial charge is 0.123 e. The van der Waals surface area contributed by atoms with Gasteiger partial charge in [0.05, 0.1) is 7.11 Å². The van der Waals surface area contributed by atoms with Crippen LogP contribution in [0.4, 0.5) is 0 Å². The molecule has 3 nitrogen and oxygen atoms in total. The number of methoxy groups -OCH3 is 1. The second-order valence-electron chi connectivity index (χ2n) is 5.32. The van der Waals surface area contributed by atoms with E-state index < -0.39 is 0 Å². The summed E-state index contributed by atoms with van der Waals surface area (Å²) in [6, 6.07) is 9.05. The summed E-state index contributed by atoms with van der Waals surface area (Å²) in [5.41, 5.74) is 1.30. The normalized spacial score (nSPS) is 17.6. The minimum absolute atomic E-state index is 0.717. The molecule has 1 aromatic rings. The average Bonchev–Trinajstić information content (AvgIpc) is 2.47. The van der Waals surface area contributed by atoms with E-state index in [-0.39, 0.29) is 0 Å². The van der Waals surface area contributed by atoms with Gasteiger partial charge in [-0.3, -0.25) is 4.90 Å². The van der Waals surface area contributed by atoms with Crippen molar-refractivity contribution in [1.29, 1.82) is 0 Å². The van der Waals surface area contributed by atoms with E-state index in [2.05, 4.69) is 29.3 Å². The van der Waals surface area contributed by atoms with Crippen LogP contribution in [0.3, 0.4) is 0 Å². The average molecular weight is 262 g/mol. The van der Waals surface area contributed by atoms with Gasteiger partial charge in [0.15, 0.2) is 0 Å². The number of ether oxygens (including phenoxy) is 1. The lowest BCUT2D eigenvalue weighted by Crippen LogP contribution is -2.42. The first-order valence-electron chi connectivity index (χ1n) is 7.41. The summed E-state index contributed by atoms with van der Waals surface area (Å²) in [7, 11) is 1.75. The highest BCUT2D eigenvalue weighted by Crippen LogP contribution is 2.21. The van der Waals surface area contributed by atoms with Crippen LogP contribution in [0.25, 0.3) is 0 Å². The number of hydrogen-bond donors (Lipinski definition) is 1. The fourth-order valence-corrected chi connectivity index (χ4v) is 2.72. The lowest BCUT2D eigenvalue weighted by atomic mass is 10.0. The first kappa shape index (κ1) is 14.4. The maximum Gasteiger partial charge on any atom is 0.123 e. The Kier molecular flexibility index (Phi) is 5.67. The van der Waals surface area contributed by atoms with E-state index in [9.17, 15) is 0 Å². The molecule has 3 heteroatoms. The van der Waals surface area contributed by atoms with Gasteiger partial charge >= 0.3 is 0 Å². The van der Waals surface area contributed by atoms with Crippen molar-refractivity contribution in [1.82, 2.24) is 10.2 Å². The zero-order valence-electron chi connectivity index (χ0n) is 12.2. The molecule has 1 aromatic carbocycles. The molecular weight excluding hydrogens is 236 g/mol. The van der Waals surface area contributed by atoms with Crippen LogP contribution in [0.15, 0.2) is 24.3 Å². The molecule has 0 atom stereocenters. The van der Waals surface area contributed by atoms with Gasteiger partial charge in [-0.05, 0) is 45.0 Å². The van der Waals surface area contributed by atoms with Crippen molar-refractivity contribution in [3.8, 4) is 5.75 Å². The van der Waals surface area contributed by atoms with Gasteiger partial charge in [0.25, 0.3) is 0 Å². The third-order valence-corrected chi connectivity index (χ3v) is 3.86. The van der Waals surface area contributed by atoms with Crippen LogP contribution in [0.5, 0.6) is 5.75 Å². The summed E-state index contributed by atoms with van der Waals surface area (Å²) in [4.78, 5) is 2.53. The Balaban J connectivity index is 1.82. The monoisotopic (exact) mass is 262 g/mol. The number of hydrogen-bond acceptors (Lipinski definition) is 3. The van der Waals surface area contributed by atoms with Crippen molar-refractivity contribution in [3.05, 3.63) is 29.8 Å². The van der Waals surface area contributed by atoms with E-state index >= 15 is 0 Å². The molecule has 0 saturated carbocycles. The summed E-state index contributed by atoms with van der Waals surface area (Å²) >= 11 is 0. The molecule has 1 aliphatic heterocycles. The molecule has 0 bridgehead atoms. The predicted octanol–water partition coefficient (Wildman–Crippen LogP) is 2.66. The minimum atomic E-state index is 0.717. The molecule has 0 aliphatic carbocycles. The molecule has 106 valence electrons. The lowest BCUT2D eigenvalue weighted by Gasteiger charge is -2.32. The molecule has 0 unspecified atom stereocenters. The van der Waals surface area contributed by atoms with Crippen LogP contribution >= 0.6 is 0 Å². The number of likely N-dealkylation sites (tertiary alicyclic amines) is 1. The Morgan fingerprint density at radius 2 is 2.00 bits per heavy atom. The van der Waals surface area contributed by atoms with Crippen LogP contribution in [0.2, 0.25) is 0 Å². The molecule has 0 spiro atoms. The maximum atomic E-state index is 5.42. The van der Waals surface area contributed by atoms with Gasteiger partial charge in [0, 0.05) is 18.2 Å². The first-order valence-corrected chi connectivity index (χ1v) is 7.41. The number of para-hydroxylation sites is 1. The van der Waals surface area contributed by atoms with Gasteiger partial charge in [0.2, 0.25) is 0 Å². The summed E-state index contributed by atoms with van der Waals surface area (Å²) in [6.45, 7) is 6.74. The standard InChI is InChI=1S/C16H26N2O/c1-3-10-17-15-8-11-18(12-9-15)13-14-6-4-5-7-16(14)19-2/h4-7,15,17H,3,8-13H2,1-2H3. The Bertz CT molecular complexity index is 373. The van der Waals surface area contributed by atoms with E-state index in [1.807, 2.05) is 12.1 Å². The van der Waals surface area contributed by atoms with Crippen LogP contribution in [-0.4, -0.2) is 37.7 Å². The molecule has 1 N–H and O–H groups in total. The Morgan fingerprint density at radius 1 is 1.26 bits per heavy atom.